The van der Waals surface area contributed by atoms with Crippen molar-refractivity contribution < 1.29 is 0 Å². The molecule has 2 nitrogen and oxygen atoms in total. The van der Waals surface area contributed by atoms with Gasteiger partial charge in [0.05, 0.1) is 11.4 Å². The van der Waals surface area contributed by atoms with Gasteiger partial charge in [-0.05, 0) is 47.5 Å². The average Bonchev–Trinajstić information content (AvgIpc) is 2.63. The van der Waals surface area contributed by atoms with E-state index in [-0.39, 0.29) is 0 Å². The molecular formula is C21H18Cl2N2. The van der Waals surface area contributed by atoms with Crippen LogP contribution in [0.25, 0.3) is 6.08 Å². The van der Waals surface area contributed by atoms with E-state index < -0.39 is 0 Å². The van der Waals surface area contributed by atoms with Gasteiger partial charge in [-0.25, -0.2) is 5.43 Å². The predicted octanol–water partition coefficient (Wildman–Crippen LogP) is 6.48. The molecule has 4 heteroatoms. The van der Waals surface area contributed by atoms with Gasteiger partial charge in [0.2, 0.25) is 0 Å². The van der Waals surface area contributed by atoms with Gasteiger partial charge in [0.1, 0.15) is 0 Å². The Morgan fingerprint density at radius 1 is 0.840 bits per heavy atom. The molecule has 0 atom stereocenters. The Balaban J connectivity index is 1.86. The maximum Gasteiger partial charge on any atom is 0.0592 e. The van der Waals surface area contributed by atoms with Crippen molar-refractivity contribution in [3.63, 3.8) is 0 Å². The van der Waals surface area contributed by atoms with Gasteiger partial charge in [-0.2, -0.15) is 0 Å². The molecular weight excluding hydrogens is 351 g/mol. The van der Waals surface area contributed by atoms with Crippen LogP contribution in [0.5, 0.6) is 0 Å². The zero-order valence-electron chi connectivity index (χ0n) is 13.6. The van der Waals surface area contributed by atoms with E-state index in [0.717, 1.165) is 16.9 Å². The Morgan fingerprint density at radius 2 is 1.40 bits per heavy atom. The highest BCUT2D eigenvalue weighted by atomic mass is 35.5. The molecule has 3 rings (SSSR count). The monoisotopic (exact) mass is 368 g/mol. The molecule has 0 amide bonds. The Bertz CT molecular complexity index is 814. The fourth-order valence-electron chi connectivity index (χ4n) is 2.50. The summed E-state index contributed by atoms with van der Waals surface area (Å²) in [6, 6.07) is 23.7. The number of anilines is 2. The SMILES string of the molecule is C=Cc1ccc(CNN(c2cccc(Cl)c2)c2cccc(Cl)c2)cc1. The second-order valence-corrected chi connectivity index (χ2v) is 6.45. The van der Waals surface area contributed by atoms with Crippen LogP contribution < -0.4 is 10.4 Å². The highest BCUT2D eigenvalue weighted by Gasteiger charge is 2.10. The van der Waals surface area contributed by atoms with Crippen LogP contribution in [0, 0.1) is 0 Å². The summed E-state index contributed by atoms with van der Waals surface area (Å²) in [5.41, 5.74) is 7.60. The summed E-state index contributed by atoms with van der Waals surface area (Å²) in [6.07, 6.45) is 1.83. The topological polar surface area (TPSA) is 15.3 Å². The first-order valence-electron chi connectivity index (χ1n) is 7.92. The van der Waals surface area contributed by atoms with Gasteiger partial charge in [0.15, 0.2) is 0 Å². The van der Waals surface area contributed by atoms with Crippen molar-refractivity contribution in [1.29, 1.82) is 0 Å². The van der Waals surface area contributed by atoms with Gasteiger partial charge < -0.3 is 0 Å². The molecule has 25 heavy (non-hydrogen) atoms. The molecule has 3 aromatic rings. The van der Waals surface area contributed by atoms with E-state index in [1.54, 1.807) is 0 Å². The fourth-order valence-corrected chi connectivity index (χ4v) is 2.87. The zero-order valence-corrected chi connectivity index (χ0v) is 15.1. The summed E-state index contributed by atoms with van der Waals surface area (Å²) < 4.78 is 0. The van der Waals surface area contributed by atoms with Crippen LogP contribution >= 0.6 is 23.2 Å². The van der Waals surface area contributed by atoms with E-state index >= 15 is 0 Å². The first-order valence-corrected chi connectivity index (χ1v) is 8.67. The van der Waals surface area contributed by atoms with Gasteiger partial charge in [0.25, 0.3) is 0 Å². The van der Waals surface area contributed by atoms with Crippen LogP contribution in [0.15, 0.2) is 79.4 Å². The number of hydrogen-bond donors (Lipinski definition) is 1. The number of nitrogens with zero attached hydrogens (tertiary/aromatic N) is 1. The van der Waals surface area contributed by atoms with Crippen LogP contribution in [-0.2, 0) is 6.54 Å². The molecule has 0 spiro atoms. The highest BCUT2D eigenvalue weighted by Crippen LogP contribution is 2.28. The summed E-state index contributed by atoms with van der Waals surface area (Å²) >= 11 is 12.3. The lowest BCUT2D eigenvalue weighted by atomic mass is 10.1. The van der Waals surface area contributed by atoms with E-state index in [4.69, 9.17) is 23.2 Å². The third kappa shape index (κ3) is 4.64. The molecule has 0 heterocycles. The minimum Gasteiger partial charge on any atom is -0.277 e. The Hall–Kier alpha value is -2.26. The number of benzene rings is 3. The van der Waals surface area contributed by atoms with Gasteiger partial charge in [-0.15, -0.1) is 0 Å². The van der Waals surface area contributed by atoms with E-state index in [2.05, 4.69) is 24.1 Å². The van der Waals surface area contributed by atoms with Crippen molar-refractivity contribution in [1.82, 2.24) is 5.43 Å². The largest absolute Gasteiger partial charge is 0.277 e. The minimum absolute atomic E-state index is 0.663. The predicted molar refractivity (Wildman–Crippen MR) is 108 cm³/mol. The lowest BCUT2D eigenvalue weighted by Gasteiger charge is -2.26. The molecule has 0 radical (unpaired) electrons. The van der Waals surface area contributed by atoms with Gasteiger partial charge in [0, 0.05) is 16.6 Å². The number of halogens is 2. The molecule has 0 aliphatic carbocycles. The first-order chi connectivity index (χ1) is 12.2. The Morgan fingerprint density at radius 3 is 1.88 bits per heavy atom. The van der Waals surface area contributed by atoms with Crippen molar-refractivity contribution >= 4 is 40.7 Å². The molecule has 126 valence electrons. The molecule has 0 aliphatic rings. The van der Waals surface area contributed by atoms with E-state index in [1.807, 2.05) is 71.7 Å². The first kappa shape index (κ1) is 17.6. The molecule has 0 bridgehead atoms. The molecule has 1 N–H and O–H groups in total. The maximum absolute atomic E-state index is 6.17. The highest BCUT2D eigenvalue weighted by molar-refractivity contribution is 6.31. The maximum atomic E-state index is 6.17. The number of nitrogens with one attached hydrogen (secondary N) is 1. The second-order valence-electron chi connectivity index (χ2n) is 5.58. The molecule has 0 saturated carbocycles. The summed E-state index contributed by atoms with van der Waals surface area (Å²) in [5.74, 6) is 0. The normalized spacial score (nSPS) is 10.5. The van der Waals surface area contributed by atoms with E-state index in [9.17, 15) is 0 Å². The number of hydrazine groups is 1. The van der Waals surface area contributed by atoms with Crippen molar-refractivity contribution in [3.05, 3.63) is 101 Å². The lowest BCUT2D eigenvalue weighted by Crippen LogP contribution is -2.33. The average molecular weight is 369 g/mol. The summed E-state index contributed by atoms with van der Waals surface area (Å²) in [5, 5.41) is 3.35. The van der Waals surface area contributed by atoms with Gasteiger partial charge >= 0.3 is 0 Å². The van der Waals surface area contributed by atoms with E-state index in [0.29, 0.717) is 16.6 Å². The zero-order chi connectivity index (χ0) is 17.6. The van der Waals surface area contributed by atoms with Crippen LogP contribution in [0.4, 0.5) is 11.4 Å². The molecule has 0 aromatic heterocycles. The molecule has 3 aromatic carbocycles. The summed E-state index contributed by atoms with van der Waals surface area (Å²) in [7, 11) is 0. The minimum atomic E-state index is 0.663. The lowest BCUT2D eigenvalue weighted by molar-refractivity contribution is 0.707. The van der Waals surface area contributed by atoms with Crippen LogP contribution in [0.2, 0.25) is 10.0 Å². The van der Waals surface area contributed by atoms with Crippen molar-refractivity contribution in [3.8, 4) is 0 Å². The van der Waals surface area contributed by atoms with Crippen molar-refractivity contribution in [2.75, 3.05) is 5.01 Å². The molecule has 0 saturated heterocycles. The summed E-state index contributed by atoms with van der Waals surface area (Å²) in [4.78, 5) is 0. The van der Waals surface area contributed by atoms with Crippen molar-refractivity contribution in [2.24, 2.45) is 0 Å². The Kier molecular flexibility index (Phi) is 5.77. The number of rotatable bonds is 6. The third-order valence-electron chi connectivity index (χ3n) is 3.79. The molecule has 0 aliphatic heterocycles. The Labute approximate surface area is 158 Å². The quantitative estimate of drug-likeness (QED) is 0.500. The molecule has 0 fully saturated rings. The van der Waals surface area contributed by atoms with Crippen molar-refractivity contribution in [2.45, 2.75) is 6.54 Å². The second kappa shape index (κ2) is 8.21. The van der Waals surface area contributed by atoms with Gasteiger partial charge in [-0.3, -0.25) is 5.01 Å². The van der Waals surface area contributed by atoms with E-state index in [1.165, 1.54) is 5.56 Å². The van der Waals surface area contributed by atoms with Crippen LogP contribution in [-0.4, -0.2) is 0 Å². The number of hydrogen-bond acceptors (Lipinski definition) is 2. The fraction of sp³-hybridized carbons (Fsp3) is 0.0476. The van der Waals surface area contributed by atoms with Crippen LogP contribution in [0.3, 0.4) is 0 Å². The van der Waals surface area contributed by atoms with Crippen LogP contribution in [0.1, 0.15) is 11.1 Å². The standard InChI is InChI=1S/C21H18Cl2N2/c1-2-16-9-11-17(12-10-16)15-24-25(20-7-3-5-18(22)13-20)21-8-4-6-19(23)14-21/h2-14,24H,1,15H2. The molecule has 0 unspecified atom stereocenters. The van der Waals surface area contributed by atoms with Gasteiger partial charge in [-0.1, -0.05) is 72.3 Å². The third-order valence-corrected chi connectivity index (χ3v) is 4.26. The smallest absolute Gasteiger partial charge is 0.0592 e. The summed E-state index contributed by atoms with van der Waals surface area (Å²) in [6.45, 7) is 4.44.